The van der Waals surface area contributed by atoms with Gasteiger partial charge in [-0.3, -0.25) is 4.89 Å². The van der Waals surface area contributed by atoms with E-state index in [0.29, 0.717) is 0 Å². The summed E-state index contributed by atoms with van der Waals surface area (Å²) < 4.78 is 11.5. The first-order valence-electron chi connectivity index (χ1n) is 6.95. The molecule has 0 radical (unpaired) electrons. The molecule has 2 aliphatic rings. The molecule has 0 aromatic rings. The Hall–Kier alpha value is -1.75. The Labute approximate surface area is 118 Å². The van der Waals surface area contributed by atoms with E-state index in [1.54, 1.807) is 0 Å². The van der Waals surface area contributed by atoms with Crippen LogP contribution >= 0.6 is 0 Å². The Morgan fingerprint density at radius 3 is 2.25 bits per heavy atom. The number of hydrogen-bond acceptors (Lipinski definition) is 5. The van der Waals surface area contributed by atoms with Crippen molar-refractivity contribution >= 4 is 5.97 Å². The van der Waals surface area contributed by atoms with Gasteiger partial charge in [0.15, 0.2) is 6.61 Å². The van der Waals surface area contributed by atoms with Crippen LogP contribution in [0.25, 0.3) is 0 Å². The Kier molecular flexibility index (Phi) is 5.68. The maximum absolute atomic E-state index is 10.9. The van der Waals surface area contributed by atoms with E-state index < -0.39 is 12.3 Å². The fourth-order valence-corrected chi connectivity index (χ4v) is 2.11. The van der Waals surface area contributed by atoms with Crippen LogP contribution in [0.4, 0.5) is 0 Å². The zero-order valence-electron chi connectivity index (χ0n) is 11.5. The van der Waals surface area contributed by atoms with Gasteiger partial charge in [-0.2, -0.15) is 4.89 Å². The smallest absolute Gasteiger partial charge is 0.365 e. The monoisotopic (exact) mass is 280 g/mol. The molecule has 2 aliphatic carbocycles. The highest BCUT2D eigenvalue weighted by Crippen LogP contribution is 2.24. The summed E-state index contributed by atoms with van der Waals surface area (Å²) >= 11 is 0. The zero-order valence-corrected chi connectivity index (χ0v) is 11.5. The van der Waals surface area contributed by atoms with Gasteiger partial charge in [-0.25, -0.2) is 4.79 Å². The number of rotatable bonds is 8. The minimum Gasteiger partial charge on any atom is -0.457 e. The normalized spacial score (nSPS) is 17.6. The van der Waals surface area contributed by atoms with Crippen LogP contribution in [0.3, 0.4) is 0 Å². The van der Waals surface area contributed by atoms with Crippen LogP contribution in [0, 0.1) is 0 Å². The molecule has 2 rings (SSSR count). The molecule has 0 spiro atoms. The third-order valence-electron chi connectivity index (χ3n) is 3.08. The molecule has 0 atom stereocenters. The predicted molar refractivity (Wildman–Crippen MR) is 72.1 cm³/mol. The summed E-state index contributed by atoms with van der Waals surface area (Å²) in [6, 6.07) is 0. The lowest BCUT2D eigenvalue weighted by molar-refractivity contribution is -0.295. The van der Waals surface area contributed by atoms with E-state index in [0.717, 1.165) is 56.1 Å². The highest BCUT2D eigenvalue weighted by Gasteiger charge is 2.19. The molecule has 5 heteroatoms. The van der Waals surface area contributed by atoms with Crippen molar-refractivity contribution in [2.75, 3.05) is 6.61 Å². The molecule has 0 aromatic carbocycles. The predicted octanol–water partition coefficient (Wildman–Crippen LogP) is 3.14. The first-order valence-corrected chi connectivity index (χ1v) is 6.95. The molecule has 0 fully saturated rings. The van der Waals surface area contributed by atoms with Gasteiger partial charge in [0.25, 0.3) is 6.29 Å². The van der Waals surface area contributed by atoms with Crippen LogP contribution in [0.15, 0.2) is 36.3 Å². The molecule has 0 aliphatic heterocycles. The second-order valence-corrected chi connectivity index (χ2v) is 4.68. The second kappa shape index (κ2) is 7.75. The summed E-state index contributed by atoms with van der Waals surface area (Å²) in [6.45, 7) is 3.31. The molecule has 110 valence electrons. The van der Waals surface area contributed by atoms with Gasteiger partial charge < -0.3 is 9.47 Å². The van der Waals surface area contributed by atoms with Crippen molar-refractivity contribution in [3.05, 3.63) is 36.3 Å². The van der Waals surface area contributed by atoms with E-state index in [9.17, 15) is 4.79 Å². The molecule has 0 heterocycles. The van der Waals surface area contributed by atoms with Crippen molar-refractivity contribution in [3.63, 3.8) is 0 Å². The van der Waals surface area contributed by atoms with Crippen LogP contribution in [-0.2, 0) is 24.0 Å². The zero-order chi connectivity index (χ0) is 14.2. The van der Waals surface area contributed by atoms with Gasteiger partial charge in [-0.05, 0) is 37.8 Å². The second-order valence-electron chi connectivity index (χ2n) is 4.68. The van der Waals surface area contributed by atoms with E-state index in [-0.39, 0.29) is 6.61 Å². The van der Waals surface area contributed by atoms with Crippen LogP contribution in [0.1, 0.15) is 38.5 Å². The minimum absolute atomic E-state index is 0.0221. The largest absolute Gasteiger partial charge is 0.457 e. The van der Waals surface area contributed by atoms with E-state index in [1.807, 2.05) is 0 Å². The average Bonchev–Trinajstić information content (AvgIpc) is 3.12. The molecule has 0 aromatic heterocycles. The number of allylic oxidation sites excluding steroid dienone is 4. The first-order chi connectivity index (χ1) is 9.78. The van der Waals surface area contributed by atoms with Gasteiger partial charge in [-0.1, -0.05) is 6.58 Å². The highest BCUT2D eigenvalue weighted by molar-refractivity contribution is 5.80. The molecule has 5 nitrogen and oxygen atoms in total. The molecule has 0 saturated heterocycles. The quantitative estimate of drug-likeness (QED) is 0.296. The van der Waals surface area contributed by atoms with Crippen molar-refractivity contribution in [3.8, 4) is 0 Å². The highest BCUT2D eigenvalue weighted by atomic mass is 17.2. The Morgan fingerprint density at radius 1 is 1.20 bits per heavy atom. The molecule has 0 unspecified atom stereocenters. The summed E-state index contributed by atoms with van der Waals surface area (Å²) in [5.41, 5.74) is 0. The van der Waals surface area contributed by atoms with Crippen molar-refractivity contribution in [1.29, 1.82) is 0 Å². The molecule has 0 N–H and O–H groups in total. The van der Waals surface area contributed by atoms with E-state index in [4.69, 9.17) is 14.4 Å². The van der Waals surface area contributed by atoms with Crippen molar-refractivity contribution in [1.82, 2.24) is 0 Å². The van der Waals surface area contributed by atoms with Gasteiger partial charge >= 0.3 is 5.97 Å². The van der Waals surface area contributed by atoms with Gasteiger partial charge in [0, 0.05) is 18.9 Å². The first kappa shape index (κ1) is 14.7. The van der Waals surface area contributed by atoms with E-state index in [1.165, 1.54) is 0 Å². The van der Waals surface area contributed by atoms with Crippen molar-refractivity contribution < 1.29 is 24.0 Å². The number of hydrogen-bond donors (Lipinski definition) is 0. The topological polar surface area (TPSA) is 54.0 Å². The average molecular weight is 280 g/mol. The summed E-state index contributed by atoms with van der Waals surface area (Å²) in [5.74, 6) is 1.18. The number of carbonyl (C=O) groups is 1. The van der Waals surface area contributed by atoms with Crippen molar-refractivity contribution in [2.45, 2.75) is 44.8 Å². The summed E-state index contributed by atoms with van der Waals surface area (Å²) in [5, 5.41) is 0. The maximum atomic E-state index is 10.9. The third kappa shape index (κ3) is 4.74. The number of ether oxygens (including phenoxy) is 2. The minimum atomic E-state index is -0.635. The summed E-state index contributed by atoms with van der Waals surface area (Å²) in [4.78, 5) is 20.3. The van der Waals surface area contributed by atoms with Crippen LogP contribution in [-0.4, -0.2) is 18.9 Å². The fraction of sp³-hybridized carbons (Fsp3) is 0.533. The van der Waals surface area contributed by atoms with Gasteiger partial charge in [0.1, 0.15) is 0 Å². The molecule has 0 amide bonds. The Morgan fingerprint density at radius 2 is 1.80 bits per heavy atom. The Balaban J connectivity index is 1.81. The van der Waals surface area contributed by atoms with Gasteiger partial charge in [0.2, 0.25) is 0 Å². The molecule has 0 saturated carbocycles. The van der Waals surface area contributed by atoms with Crippen molar-refractivity contribution in [2.24, 2.45) is 0 Å². The molecular weight excluding hydrogens is 260 g/mol. The van der Waals surface area contributed by atoms with E-state index in [2.05, 4.69) is 23.6 Å². The lowest BCUT2D eigenvalue weighted by atomic mass is 10.3. The third-order valence-corrected chi connectivity index (χ3v) is 3.08. The van der Waals surface area contributed by atoms with Crippen LogP contribution in [0.5, 0.6) is 0 Å². The van der Waals surface area contributed by atoms with Gasteiger partial charge in [-0.15, -0.1) is 0 Å². The summed E-state index contributed by atoms with van der Waals surface area (Å²) in [6.07, 6.45) is 10.6. The van der Waals surface area contributed by atoms with Crippen LogP contribution in [0.2, 0.25) is 0 Å². The molecule has 20 heavy (non-hydrogen) atoms. The standard InChI is InChI=1S/C15H20O5/c1-2-14(16)20-17-11-15(18-12-7-3-4-8-12)19-13-9-5-6-10-13/h2,7,9,15H,1,3-6,8,10-11H2. The Bertz CT molecular complexity index is 384. The fourth-order valence-electron chi connectivity index (χ4n) is 2.11. The van der Waals surface area contributed by atoms with Gasteiger partial charge in [0.05, 0.1) is 11.5 Å². The SMILES string of the molecule is C=CC(=O)OOCC(OC1=CCCC1)OC1=CCCC1. The maximum Gasteiger partial charge on any atom is 0.365 e. The summed E-state index contributed by atoms with van der Waals surface area (Å²) in [7, 11) is 0. The molecule has 0 bridgehead atoms. The van der Waals surface area contributed by atoms with E-state index >= 15 is 0 Å². The van der Waals surface area contributed by atoms with Crippen LogP contribution < -0.4 is 0 Å². The number of carbonyl (C=O) groups excluding carboxylic acids is 1. The lowest BCUT2D eigenvalue weighted by Crippen LogP contribution is -2.23. The lowest BCUT2D eigenvalue weighted by Gasteiger charge is -2.21. The molecular formula is C15H20O5.